The van der Waals surface area contributed by atoms with E-state index < -0.39 is 0 Å². The van der Waals surface area contributed by atoms with Crippen LogP contribution in [0.15, 0.2) is 120 Å². The van der Waals surface area contributed by atoms with Crippen LogP contribution < -0.4 is 14.2 Å². The van der Waals surface area contributed by atoms with E-state index in [0.29, 0.717) is 0 Å². The molecule has 0 bridgehead atoms. The summed E-state index contributed by atoms with van der Waals surface area (Å²) in [7, 11) is 0. The molecule has 0 saturated carbocycles. The Morgan fingerprint density at radius 3 is 2.28 bits per heavy atom. The average molecular weight is 514 g/mol. The van der Waals surface area contributed by atoms with Gasteiger partial charge in [0.1, 0.15) is 0 Å². The summed E-state index contributed by atoms with van der Waals surface area (Å²) in [6.45, 7) is 6.20. The second-order valence-corrected chi connectivity index (χ2v) is 9.75. The number of hydrogen-bond acceptors (Lipinski definition) is 3. The molecule has 5 aromatic rings. The van der Waals surface area contributed by atoms with Gasteiger partial charge in [-0.2, -0.15) is 4.57 Å². The first kappa shape index (κ1) is 24.7. The normalized spacial score (nSPS) is 14.7. The molecule has 0 fully saturated rings. The van der Waals surface area contributed by atoms with Crippen LogP contribution in [0.5, 0.6) is 5.75 Å². The van der Waals surface area contributed by atoms with Gasteiger partial charge < -0.3 is 14.1 Å². The third-order valence-corrected chi connectivity index (χ3v) is 7.06. The molecule has 0 radical (unpaired) electrons. The summed E-state index contributed by atoms with van der Waals surface area (Å²) in [4.78, 5) is 2.26. The van der Waals surface area contributed by atoms with E-state index in [1.165, 1.54) is 10.8 Å². The first-order chi connectivity index (χ1) is 19.3. The fourth-order valence-corrected chi connectivity index (χ4v) is 5.28. The third kappa shape index (κ3) is 4.74. The Morgan fingerprint density at radius 1 is 0.744 bits per heavy atom. The first-order valence-electron chi connectivity index (χ1n) is 13.8. The predicted octanol–water partition coefficient (Wildman–Crippen LogP) is 8.71. The molecule has 0 saturated heterocycles. The molecule has 0 aliphatic carbocycles. The number of anilines is 1. The molecule has 0 unspecified atom stereocenters. The van der Waals surface area contributed by atoms with Gasteiger partial charge in [0.2, 0.25) is 11.5 Å². The Hall–Kier alpha value is -4.57. The Morgan fingerprint density at radius 2 is 1.46 bits per heavy atom. The van der Waals surface area contributed by atoms with Crippen molar-refractivity contribution in [3.8, 4) is 5.75 Å². The molecule has 1 aliphatic rings. The number of benzene rings is 4. The fraction of sp³-hybridized carbons (Fsp3) is 0.171. The van der Waals surface area contributed by atoms with Crippen molar-refractivity contribution in [3.63, 3.8) is 0 Å². The van der Waals surface area contributed by atoms with Crippen LogP contribution in [0.3, 0.4) is 0 Å². The summed E-state index contributed by atoms with van der Waals surface area (Å²) in [5.74, 6) is 2.66. The number of nitrogens with zero attached hydrogens (tertiary/aromatic N) is 2. The summed E-state index contributed by atoms with van der Waals surface area (Å²) in [6.07, 6.45) is 16.3. The van der Waals surface area contributed by atoms with Crippen LogP contribution >= 0.6 is 0 Å². The highest BCUT2D eigenvalue weighted by Gasteiger charge is 2.27. The van der Waals surface area contributed by atoms with E-state index in [9.17, 15) is 0 Å². The maximum atomic E-state index is 6.35. The number of hydrogen-bond donors (Lipinski definition) is 0. The molecule has 39 heavy (non-hydrogen) atoms. The summed E-state index contributed by atoms with van der Waals surface area (Å²) >= 11 is 0. The Kier molecular flexibility index (Phi) is 7.01. The van der Waals surface area contributed by atoms with E-state index in [1.54, 1.807) is 0 Å². The van der Waals surface area contributed by atoms with Crippen molar-refractivity contribution >= 4 is 44.4 Å². The van der Waals surface area contributed by atoms with Crippen LogP contribution in [0.2, 0.25) is 0 Å². The molecule has 4 heteroatoms. The number of aromatic nitrogens is 1. The van der Waals surface area contributed by atoms with Gasteiger partial charge in [-0.15, -0.1) is 0 Å². The maximum Gasteiger partial charge on any atom is 0.374 e. The van der Waals surface area contributed by atoms with E-state index in [4.69, 9.17) is 9.15 Å². The van der Waals surface area contributed by atoms with Crippen molar-refractivity contribution in [1.29, 1.82) is 0 Å². The minimum absolute atomic E-state index is 0.860. The lowest BCUT2D eigenvalue weighted by molar-refractivity contribution is -0.678. The SMILES string of the molecule is CCCN1/C(=C/C=C/C=C/C=C/c2oc3c4ccccc4ccc3[n+]2CCC)Oc2c1ccc1ccccc21. The largest absolute Gasteiger partial charge is 0.438 e. The summed E-state index contributed by atoms with van der Waals surface area (Å²) in [5.41, 5.74) is 3.21. The van der Waals surface area contributed by atoms with Gasteiger partial charge in [-0.25, -0.2) is 0 Å². The second-order valence-electron chi connectivity index (χ2n) is 9.75. The van der Waals surface area contributed by atoms with Crippen molar-refractivity contribution in [1.82, 2.24) is 0 Å². The number of ether oxygens (including phenoxy) is 1. The van der Waals surface area contributed by atoms with Crippen molar-refractivity contribution in [2.45, 2.75) is 33.2 Å². The lowest BCUT2D eigenvalue weighted by atomic mass is 10.1. The number of aryl methyl sites for hydroxylation is 1. The van der Waals surface area contributed by atoms with Gasteiger partial charge in [-0.05, 0) is 35.4 Å². The average Bonchev–Trinajstić information content (AvgIpc) is 3.51. The monoisotopic (exact) mass is 513 g/mol. The Balaban J connectivity index is 1.20. The fourth-order valence-electron chi connectivity index (χ4n) is 5.28. The molecule has 1 aromatic heterocycles. The molecule has 4 aromatic carbocycles. The highest BCUT2D eigenvalue weighted by molar-refractivity contribution is 6.02. The van der Waals surface area contributed by atoms with Crippen LogP contribution in [-0.4, -0.2) is 6.54 Å². The van der Waals surface area contributed by atoms with Crippen LogP contribution in [0.25, 0.3) is 38.7 Å². The van der Waals surface area contributed by atoms with E-state index in [-0.39, 0.29) is 0 Å². The van der Waals surface area contributed by atoms with Gasteiger partial charge >= 0.3 is 5.89 Å². The van der Waals surface area contributed by atoms with Gasteiger partial charge in [0.25, 0.3) is 5.52 Å². The van der Waals surface area contributed by atoms with E-state index in [2.05, 4.69) is 96.1 Å². The molecular formula is C35H33N2O2+. The summed E-state index contributed by atoms with van der Waals surface area (Å²) in [5, 5.41) is 4.68. The van der Waals surface area contributed by atoms with Crippen molar-refractivity contribution < 1.29 is 13.7 Å². The molecule has 4 nitrogen and oxygen atoms in total. The number of fused-ring (bicyclic) bond motifs is 6. The van der Waals surface area contributed by atoms with Crippen molar-refractivity contribution in [2.75, 3.05) is 11.4 Å². The van der Waals surface area contributed by atoms with E-state index in [0.717, 1.165) is 71.0 Å². The predicted molar refractivity (Wildman–Crippen MR) is 162 cm³/mol. The Labute approximate surface area is 229 Å². The van der Waals surface area contributed by atoms with Crippen LogP contribution in [0.4, 0.5) is 5.69 Å². The Bertz CT molecular complexity index is 1770. The van der Waals surface area contributed by atoms with Gasteiger partial charge in [-0.1, -0.05) is 98.8 Å². The van der Waals surface area contributed by atoms with Gasteiger partial charge in [0.05, 0.1) is 11.8 Å². The van der Waals surface area contributed by atoms with Gasteiger partial charge in [-0.3, -0.25) is 0 Å². The van der Waals surface area contributed by atoms with E-state index in [1.807, 2.05) is 42.5 Å². The van der Waals surface area contributed by atoms with Crippen molar-refractivity contribution in [2.24, 2.45) is 0 Å². The number of allylic oxidation sites excluding steroid dienone is 6. The molecular weight excluding hydrogens is 480 g/mol. The number of rotatable bonds is 8. The minimum Gasteiger partial charge on any atom is -0.438 e. The molecule has 0 atom stereocenters. The summed E-state index contributed by atoms with van der Waals surface area (Å²) in [6, 6.07) is 25.4. The zero-order chi connectivity index (χ0) is 26.6. The smallest absolute Gasteiger partial charge is 0.374 e. The highest BCUT2D eigenvalue weighted by Crippen LogP contribution is 2.44. The zero-order valence-electron chi connectivity index (χ0n) is 22.5. The second kappa shape index (κ2) is 11.0. The molecule has 0 N–H and O–H groups in total. The summed E-state index contributed by atoms with van der Waals surface area (Å²) < 4.78 is 15.0. The van der Waals surface area contributed by atoms with Crippen LogP contribution in [0, 0.1) is 0 Å². The third-order valence-electron chi connectivity index (χ3n) is 7.06. The molecule has 0 amide bonds. The van der Waals surface area contributed by atoms with Crippen LogP contribution in [-0.2, 0) is 6.54 Å². The topological polar surface area (TPSA) is 29.5 Å². The maximum absolute atomic E-state index is 6.35. The first-order valence-corrected chi connectivity index (χ1v) is 13.8. The van der Waals surface area contributed by atoms with E-state index >= 15 is 0 Å². The van der Waals surface area contributed by atoms with Crippen molar-refractivity contribution in [3.05, 3.63) is 121 Å². The number of oxazole rings is 1. The molecule has 6 rings (SSSR count). The lowest BCUT2D eigenvalue weighted by Gasteiger charge is -2.16. The quantitative estimate of drug-likeness (QED) is 0.153. The molecule has 1 aliphatic heterocycles. The molecule has 194 valence electrons. The lowest BCUT2D eigenvalue weighted by Crippen LogP contribution is -2.34. The molecule has 2 heterocycles. The molecule has 0 spiro atoms. The van der Waals surface area contributed by atoms with Crippen LogP contribution in [0.1, 0.15) is 32.6 Å². The zero-order valence-corrected chi connectivity index (χ0v) is 22.5. The highest BCUT2D eigenvalue weighted by atomic mass is 16.5. The standard InChI is InChI=1S/C35H33N2O2/c1-3-24-36-30-22-20-26-14-10-12-16-28(26)34(30)38-32(36)18-8-6-5-7-9-19-33-37(25-4-2)31-23-21-27-15-11-13-17-29(27)35(31)39-33/h5-23H,3-4,24-25H2,1-2H3/q+1. The van der Waals surface area contributed by atoms with Gasteiger partial charge in [0.15, 0.2) is 12.3 Å². The minimum atomic E-state index is 0.860. The van der Waals surface area contributed by atoms with Gasteiger partial charge in [0, 0.05) is 29.8 Å².